The van der Waals surface area contributed by atoms with E-state index in [2.05, 4.69) is 10.3 Å². The second kappa shape index (κ2) is 7.07. The van der Waals surface area contributed by atoms with Gasteiger partial charge in [0.25, 0.3) is 0 Å². The molecule has 2 amide bonds. The maximum Gasteiger partial charge on any atom is 0.229 e. The maximum absolute atomic E-state index is 12.6. The predicted molar refractivity (Wildman–Crippen MR) is 99.3 cm³/mol. The Labute approximate surface area is 156 Å². The minimum atomic E-state index is 0.0727. The van der Waals surface area contributed by atoms with Gasteiger partial charge in [-0.25, -0.2) is 4.98 Å². The van der Waals surface area contributed by atoms with Crippen LogP contribution in [0.5, 0.6) is 5.75 Å². The fourth-order valence-electron chi connectivity index (χ4n) is 3.04. The van der Waals surface area contributed by atoms with Gasteiger partial charge in [-0.2, -0.15) is 0 Å². The molecule has 2 aromatic rings. The van der Waals surface area contributed by atoms with Crippen molar-refractivity contribution in [2.75, 3.05) is 19.0 Å². The molecule has 0 unspecified atom stereocenters. The molecule has 0 bridgehead atoms. The van der Waals surface area contributed by atoms with Crippen LogP contribution in [0.1, 0.15) is 29.0 Å². The molecular formula is C19H21N3O3S. The Hall–Kier alpha value is -2.41. The van der Waals surface area contributed by atoms with E-state index in [1.807, 2.05) is 29.2 Å². The summed E-state index contributed by atoms with van der Waals surface area (Å²) in [6, 6.07) is 7.58. The molecule has 0 radical (unpaired) electrons. The number of hydrogen-bond acceptors (Lipinski definition) is 5. The summed E-state index contributed by atoms with van der Waals surface area (Å²) in [6.45, 7) is 1.24. The molecular weight excluding hydrogens is 350 g/mol. The summed E-state index contributed by atoms with van der Waals surface area (Å²) >= 11 is 1.49. The zero-order valence-electron chi connectivity index (χ0n) is 14.7. The number of ether oxygens (including phenoxy) is 1. The van der Waals surface area contributed by atoms with Crippen LogP contribution in [0.2, 0.25) is 0 Å². The SMILES string of the molecule is COc1ccc(CC(=O)N2CCc3nc(NC(=O)C4CC4)sc3C2)cc1. The number of amides is 2. The zero-order valence-corrected chi connectivity index (χ0v) is 15.5. The van der Waals surface area contributed by atoms with Crippen LogP contribution < -0.4 is 10.1 Å². The number of methoxy groups -OCH3 is 1. The first-order valence-electron chi connectivity index (χ1n) is 8.82. The number of nitrogens with one attached hydrogen (secondary N) is 1. The summed E-state index contributed by atoms with van der Waals surface area (Å²) < 4.78 is 5.15. The number of fused-ring (bicyclic) bond motifs is 1. The fourth-order valence-corrected chi connectivity index (χ4v) is 4.07. The number of thiazole rings is 1. The van der Waals surface area contributed by atoms with Crippen molar-refractivity contribution in [2.45, 2.75) is 32.2 Å². The number of carbonyl (C=O) groups excluding carboxylic acids is 2. The molecule has 0 spiro atoms. The lowest BCUT2D eigenvalue weighted by atomic mass is 10.1. The lowest BCUT2D eigenvalue weighted by molar-refractivity contribution is -0.131. The Morgan fingerprint density at radius 2 is 2.08 bits per heavy atom. The summed E-state index contributed by atoms with van der Waals surface area (Å²) in [4.78, 5) is 32.0. The van der Waals surface area contributed by atoms with E-state index in [1.54, 1.807) is 7.11 Å². The highest BCUT2D eigenvalue weighted by atomic mass is 32.1. The van der Waals surface area contributed by atoms with Gasteiger partial charge in [-0.1, -0.05) is 23.5 Å². The van der Waals surface area contributed by atoms with Crippen LogP contribution in [-0.2, 0) is 29.0 Å². The Bertz CT molecular complexity index is 827. The molecule has 2 aliphatic rings. The molecule has 1 aliphatic heterocycles. The largest absolute Gasteiger partial charge is 0.497 e. The Morgan fingerprint density at radius 1 is 1.31 bits per heavy atom. The highest BCUT2D eigenvalue weighted by molar-refractivity contribution is 7.15. The normalized spacial score (nSPS) is 16.1. The van der Waals surface area contributed by atoms with E-state index >= 15 is 0 Å². The molecule has 0 saturated heterocycles. The van der Waals surface area contributed by atoms with E-state index in [9.17, 15) is 9.59 Å². The number of aromatic nitrogens is 1. The van der Waals surface area contributed by atoms with Crippen molar-refractivity contribution in [3.63, 3.8) is 0 Å². The fraction of sp³-hybridized carbons (Fsp3) is 0.421. The minimum Gasteiger partial charge on any atom is -0.497 e. The van der Waals surface area contributed by atoms with Gasteiger partial charge in [0.1, 0.15) is 5.75 Å². The van der Waals surface area contributed by atoms with Gasteiger partial charge in [-0.3, -0.25) is 9.59 Å². The number of benzene rings is 1. The standard InChI is InChI=1S/C19H21N3O3S/c1-25-14-6-2-12(3-7-14)10-17(23)22-9-8-15-16(11-22)26-19(20-15)21-18(24)13-4-5-13/h2-3,6-7,13H,4-5,8-11H2,1H3,(H,20,21,24). The Kier molecular flexibility index (Phi) is 4.63. The number of anilines is 1. The second-order valence-electron chi connectivity index (χ2n) is 6.74. The van der Waals surface area contributed by atoms with Crippen LogP contribution in [0.4, 0.5) is 5.13 Å². The Balaban J connectivity index is 1.38. The summed E-state index contributed by atoms with van der Waals surface area (Å²) in [5, 5.41) is 3.57. The van der Waals surface area contributed by atoms with E-state index < -0.39 is 0 Å². The first kappa shape index (κ1) is 17.0. The third-order valence-corrected chi connectivity index (χ3v) is 5.77. The molecule has 136 valence electrons. The van der Waals surface area contributed by atoms with Gasteiger partial charge in [-0.05, 0) is 30.5 Å². The topological polar surface area (TPSA) is 71.5 Å². The molecule has 1 aromatic carbocycles. The molecule has 1 aromatic heterocycles. The van der Waals surface area contributed by atoms with E-state index in [-0.39, 0.29) is 17.7 Å². The van der Waals surface area contributed by atoms with Crippen molar-refractivity contribution in [1.29, 1.82) is 0 Å². The predicted octanol–water partition coefficient (Wildman–Crippen LogP) is 2.63. The quantitative estimate of drug-likeness (QED) is 0.877. The third kappa shape index (κ3) is 3.72. The van der Waals surface area contributed by atoms with Crippen LogP contribution in [0.25, 0.3) is 0 Å². The number of hydrogen-bond donors (Lipinski definition) is 1. The van der Waals surface area contributed by atoms with Crippen LogP contribution in [-0.4, -0.2) is 35.4 Å². The highest BCUT2D eigenvalue weighted by Crippen LogP contribution is 2.33. The molecule has 1 N–H and O–H groups in total. The molecule has 0 atom stereocenters. The maximum atomic E-state index is 12.6. The first-order chi connectivity index (χ1) is 12.6. The molecule has 26 heavy (non-hydrogen) atoms. The summed E-state index contributed by atoms with van der Waals surface area (Å²) in [6.07, 6.45) is 3.07. The number of nitrogens with zero attached hydrogens (tertiary/aromatic N) is 2. The van der Waals surface area contributed by atoms with Gasteiger partial charge in [0.2, 0.25) is 11.8 Å². The highest BCUT2D eigenvalue weighted by Gasteiger charge is 2.31. The average molecular weight is 371 g/mol. The first-order valence-corrected chi connectivity index (χ1v) is 9.64. The molecule has 1 saturated carbocycles. The smallest absolute Gasteiger partial charge is 0.229 e. The van der Waals surface area contributed by atoms with Crippen LogP contribution in [0.15, 0.2) is 24.3 Å². The molecule has 6 nitrogen and oxygen atoms in total. The van der Waals surface area contributed by atoms with Crippen LogP contribution in [0, 0.1) is 5.92 Å². The van der Waals surface area contributed by atoms with Crippen molar-refractivity contribution in [1.82, 2.24) is 9.88 Å². The van der Waals surface area contributed by atoms with E-state index in [0.29, 0.717) is 24.6 Å². The van der Waals surface area contributed by atoms with E-state index in [1.165, 1.54) is 11.3 Å². The summed E-state index contributed by atoms with van der Waals surface area (Å²) in [7, 11) is 1.63. The molecule has 2 heterocycles. The van der Waals surface area contributed by atoms with Crippen molar-refractivity contribution < 1.29 is 14.3 Å². The lowest BCUT2D eigenvalue weighted by Crippen LogP contribution is -2.36. The van der Waals surface area contributed by atoms with Gasteiger partial charge >= 0.3 is 0 Å². The third-order valence-electron chi connectivity index (χ3n) is 4.78. The van der Waals surface area contributed by atoms with E-state index in [4.69, 9.17) is 4.74 Å². The molecule has 4 rings (SSSR count). The van der Waals surface area contributed by atoms with Crippen molar-refractivity contribution in [3.8, 4) is 5.75 Å². The van der Waals surface area contributed by atoms with Gasteiger partial charge in [0.15, 0.2) is 5.13 Å². The summed E-state index contributed by atoms with van der Waals surface area (Å²) in [5.74, 6) is 1.13. The van der Waals surface area contributed by atoms with Crippen LogP contribution in [0.3, 0.4) is 0 Å². The molecule has 1 fully saturated rings. The van der Waals surface area contributed by atoms with Crippen LogP contribution >= 0.6 is 11.3 Å². The van der Waals surface area contributed by atoms with E-state index in [0.717, 1.165) is 41.1 Å². The zero-order chi connectivity index (χ0) is 18.1. The lowest BCUT2D eigenvalue weighted by Gasteiger charge is -2.26. The number of rotatable bonds is 5. The Morgan fingerprint density at radius 3 is 2.77 bits per heavy atom. The van der Waals surface area contributed by atoms with Crippen molar-refractivity contribution in [3.05, 3.63) is 40.4 Å². The van der Waals surface area contributed by atoms with Gasteiger partial charge in [0.05, 0.1) is 25.8 Å². The molecule has 1 aliphatic carbocycles. The summed E-state index contributed by atoms with van der Waals surface area (Å²) in [5.41, 5.74) is 1.98. The van der Waals surface area contributed by atoms with Gasteiger partial charge in [0, 0.05) is 23.8 Å². The van der Waals surface area contributed by atoms with Crippen molar-refractivity contribution in [2.24, 2.45) is 5.92 Å². The average Bonchev–Trinajstić information content (AvgIpc) is 3.42. The molecule has 7 heteroatoms. The number of carbonyl (C=O) groups is 2. The minimum absolute atomic E-state index is 0.0727. The van der Waals surface area contributed by atoms with Gasteiger partial charge < -0.3 is 15.0 Å². The van der Waals surface area contributed by atoms with Crippen molar-refractivity contribution >= 4 is 28.3 Å². The van der Waals surface area contributed by atoms with Gasteiger partial charge in [-0.15, -0.1) is 0 Å². The monoisotopic (exact) mass is 371 g/mol. The second-order valence-corrected chi connectivity index (χ2v) is 7.83.